The molecule has 19 heavy (non-hydrogen) atoms. The van der Waals surface area contributed by atoms with E-state index >= 15 is 0 Å². The van der Waals surface area contributed by atoms with Gasteiger partial charge in [0.05, 0.1) is 15.9 Å². The van der Waals surface area contributed by atoms with Gasteiger partial charge in [0.2, 0.25) is 10.0 Å². The second kappa shape index (κ2) is 5.82. The van der Waals surface area contributed by atoms with Crippen molar-refractivity contribution in [1.29, 1.82) is 0 Å². The summed E-state index contributed by atoms with van der Waals surface area (Å²) in [6.45, 7) is 3.14. The molecule has 1 aromatic carbocycles. The number of sulfonamides is 1. The van der Waals surface area contributed by atoms with E-state index in [1.165, 1.54) is 25.1 Å². The number of hydrogen-bond donors (Lipinski definition) is 1. The van der Waals surface area contributed by atoms with Crippen LogP contribution in [-0.2, 0) is 10.0 Å². The molecule has 0 amide bonds. The van der Waals surface area contributed by atoms with Crippen molar-refractivity contribution in [2.75, 3.05) is 0 Å². The molecule has 0 aliphatic rings. The minimum atomic E-state index is -3.87. The van der Waals surface area contributed by atoms with E-state index in [1.54, 1.807) is 6.92 Å². The number of benzene rings is 1. The zero-order valence-electron chi connectivity index (χ0n) is 10.6. The van der Waals surface area contributed by atoms with E-state index in [1.807, 2.05) is 0 Å². The first-order valence-electron chi connectivity index (χ1n) is 5.56. The first kappa shape index (κ1) is 15.1. The van der Waals surface area contributed by atoms with Crippen LogP contribution in [0.5, 0.6) is 0 Å². The summed E-state index contributed by atoms with van der Waals surface area (Å²) in [7, 11) is -3.87. The predicted molar refractivity (Wildman–Crippen MR) is 71.1 cm³/mol. The smallest absolute Gasteiger partial charge is 0.258 e. The maximum atomic E-state index is 12.1. The standard InChI is InChI=1S/C12H14N2O4S/c1-4-10(5-2)13-19(17,18)12-8-6-7-11(9(12)3)14(15)16/h1,6-8,10,13H,5H2,2-3H3. The molecule has 0 aromatic heterocycles. The molecule has 6 nitrogen and oxygen atoms in total. The Morgan fingerprint density at radius 3 is 2.63 bits per heavy atom. The summed E-state index contributed by atoms with van der Waals surface area (Å²) in [5.41, 5.74) is -0.150. The molecule has 7 heteroatoms. The molecule has 102 valence electrons. The van der Waals surface area contributed by atoms with Gasteiger partial charge in [-0.2, -0.15) is 4.72 Å². The Labute approximate surface area is 112 Å². The van der Waals surface area contributed by atoms with Crippen LogP contribution in [0.15, 0.2) is 23.1 Å². The maximum Gasteiger partial charge on any atom is 0.273 e. The Kier molecular flexibility index (Phi) is 4.64. The molecule has 1 atom stereocenters. The zero-order valence-corrected chi connectivity index (χ0v) is 11.4. The minimum absolute atomic E-state index is 0.0897. The number of nitro benzene ring substituents is 1. The van der Waals surface area contributed by atoms with Gasteiger partial charge in [0.25, 0.3) is 5.69 Å². The number of nitrogens with one attached hydrogen (secondary N) is 1. The third-order valence-corrected chi connectivity index (χ3v) is 4.26. The number of rotatable bonds is 5. The maximum absolute atomic E-state index is 12.1. The summed E-state index contributed by atoms with van der Waals surface area (Å²) in [5, 5.41) is 10.8. The highest BCUT2D eigenvalue weighted by molar-refractivity contribution is 7.89. The molecule has 0 saturated carbocycles. The number of nitrogens with zero attached hydrogens (tertiary/aromatic N) is 1. The van der Waals surface area contributed by atoms with E-state index in [0.29, 0.717) is 6.42 Å². The molecule has 0 radical (unpaired) electrons. The lowest BCUT2D eigenvalue weighted by Gasteiger charge is -2.13. The van der Waals surface area contributed by atoms with Crippen LogP contribution in [0.4, 0.5) is 5.69 Å². The molecule has 0 heterocycles. The Morgan fingerprint density at radius 1 is 1.53 bits per heavy atom. The molecule has 0 saturated heterocycles. The van der Waals surface area contributed by atoms with Crippen LogP contribution in [0.3, 0.4) is 0 Å². The third-order valence-electron chi connectivity index (χ3n) is 2.65. The van der Waals surface area contributed by atoms with Crippen molar-refractivity contribution < 1.29 is 13.3 Å². The molecule has 0 fully saturated rings. The highest BCUT2D eigenvalue weighted by Crippen LogP contribution is 2.24. The SMILES string of the molecule is C#CC(CC)NS(=O)(=O)c1cccc([N+](=O)[O-])c1C. The Hall–Kier alpha value is -1.91. The van der Waals surface area contributed by atoms with Crippen LogP contribution in [0, 0.1) is 29.4 Å². The van der Waals surface area contributed by atoms with Gasteiger partial charge in [0.1, 0.15) is 0 Å². The lowest BCUT2D eigenvalue weighted by Crippen LogP contribution is -2.33. The molecule has 1 N–H and O–H groups in total. The summed E-state index contributed by atoms with van der Waals surface area (Å²) in [6, 6.07) is 3.26. The summed E-state index contributed by atoms with van der Waals surface area (Å²) in [4.78, 5) is 10.0. The summed E-state index contributed by atoms with van der Waals surface area (Å²) >= 11 is 0. The highest BCUT2D eigenvalue weighted by Gasteiger charge is 2.24. The quantitative estimate of drug-likeness (QED) is 0.504. The van der Waals surface area contributed by atoms with E-state index in [0.717, 1.165) is 0 Å². The van der Waals surface area contributed by atoms with Crippen LogP contribution in [0.2, 0.25) is 0 Å². The Bertz CT molecular complexity index is 632. The second-order valence-electron chi connectivity index (χ2n) is 3.91. The molecule has 1 rings (SSSR count). The summed E-state index contributed by atoms with van der Waals surface area (Å²) in [5.74, 6) is 2.31. The van der Waals surface area contributed by atoms with Crippen molar-refractivity contribution in [2.45, 2.75) is 31.2 Å². The van der Waals surface area contributed by atoms with Crippen molar-refractivity contribution in [1.82, 2.24) is 4.72 Å². The van der Waals surface area contributed by atoms with Gasteiger partial charge in [-0.15, -0.1) is 6.42 Å². The van der Waals surface area contributed by atoms with E-state index < -0.39 is 21.0 Å². The van der Waals surface area contributed by atoms with Gasteiger partial charge < -0.3 is 0 Å². The van der Waals surface area contributed by atoms with E-state index in [2.05, 4.69) is 10.6 Å². The monoisotopic (exact) mass is 282 g/mol. The molecular formula is C12H14N2O4S. The van der Waals surface area contributed by atoms with Gasteiger partial charge in [0.15, 0.2) is 0 Å². The fraction of sp³-hybridized carbons (Fsp3) is 0.333. The van der Waals surface area contributed by atoms with E-state index in [9.17, 15) is 18.5 Å². The first-order chi connectivity index (χ1) is 8.83. The summed E-state index contributed by atoms with van der Waals surface area (Å²) < 4.78 is 26.6. The van der Waals surface area contributed by atoms with Crippen LogP contribution in [-0.4, -0.2) is 19.4 Å². The fourth-order valence-corrected chi connectivity index (χ4v) is 3.08. The van der Waals surface area contributed by atoms with Gasteiger partial charge in [-0.3, -0.25) is 10.1 Å². The molecule has 0 bridgehead atoms. The van der Waals surface area contributed by atoms with Crippen molar-refractivity contribution >= 4 is 15.7 Å². The second-order valence-corrected chi connectivity index (χ2v) is 5.59. The molecule has 0 aliphatic heterocycles. The van der Waals surface area contributed by atoms with Gasteiger partial charge in [-0.1, -0.05) is 18.9 Å². The zero-order chi connectivity index (χ0) is 14.6. The average Bonchev–Trinajstić information content (AvgIpc) is 2.35. The predicted octanol–water partition coefficient (Wildman–Crippen LogP) is 1.59. The molecule has 1 unspecified atom stereocenters. The van der Waals surface area contributed by atoms with Crippen molar-refractivity contribution in [3.05, 3.63) is 33.9 Å². The molecule has 0 aliphatic carbocycles. The topological polar surface area (TPSA) is 89.3 Å². The number of nitro groups is 1. The molecule has 0 spiro atoms. The first-order valence-corrected chi connectivity index (χ1v) is 7.04. The van der Waals surface area contributed by atoms with Gasteiger partial charge in [-0.25, -0.2) is 8.42 Å². The van der Waals surface area contributed by atoms with Gasteiger partial charge in [-0.05, 0) is 19.4 Å². The average molecular weight is 282 g/mol. The van der Waals surface area contributed by atoms with Crippen LogP contribution >= 0.6 is 0 Å². The number of hydrogen-bond acceptors (Lipinski definition) is 4. The van der Waals surface area contributed by atoms with E-state index in [-0.39, 0.29) is 16.1 Å². The van der Waals surface area contributed by atoms with Crippen molar-refractivity contribution in [3.8, 4) is 12.3 Å². The summed E-state index contributed by atoms with van der Waals surface area (Å²) in [6.07, 6.45) is 5.63. The van der Waals surface area contributed by atoms with Crippen LogP contribution in [0.1, 0.15) is 18.9 Å². The largest absolute Gasteiger partial charge is 0.273 e. The van der Waals surface area contributed by atoms with Gasteiger partial charge in [0, 0.05) is 11.6 Å². The fourth-order valence-electron chi connectivity index (χ4n) is 1.58. The Morgan fingerprint density at radius 2 is 2.16 bits per heavy atom. The van der Waals surface area contributed by atoms with Crippen LogP contribution in [0.25, 0.3) is 0 Å². The van der Waals surface area contributed by atoms with Gasteiger partial charge >= 0.3 is 0 Å². The lowest BCUT2D eigenvalue weighted by atomic mass is 10.2. The molecular weight excluding hydrogens is 268 g/mol. The van der Waals surface area contributed by atoms with E-state index in [4.69, 9.17) is 6.42 Å². The number of terminal acetylenes is 1. The van der Waals surface area contributed by atoms with Crippen molar-refractivity contribution in [2.24, 2.45) is 0 Å². The van der Waals surface area contributed by atoms with Crippen LogP contribution < -0.4 is 4.72 Å². The highest BCUT2D eigenvalue weighted by atomic mass is 32.2. The normalized spacial score (nSPS) is 12.7. The van der Waals surface area contributed by atoms with Crippen molar-refractivity contribution in [3.63, 3.8) is 0 Å². The molecule has 1 aromatic rings. The Balaban J connectivity index is 3.27. The minimum Gasteiger partial charge on any atom is -0.258 e. The lowest BCUT2D eigenvalue weighted by molar-refractivity contribution is -0.385. The third kappa shape index (κ3) is 3.30.